The molecule has 1 aromatic carbocycles. The molecular weight excluding hydrogens is 186 g/mol. The van der Waals surface area contributed by atoms with Gasteiger partial charge < -0.3 is 10.5 Å². The zero-order valence-corrected chi connectivity index (χ0v) is 8.27. The molecule has 0 aliphatic carbocycles. The van der Waals surface area contributed by atoms with Crippen LogP contribution in [0.3, 0.4) is 0 Å². The van der Waals surface area contributed by atoms with Crippen molar-refractivity contribution in [1.29, 1.82) is 0 Å². The number of halogens is 1. The van der Waals surface area contributed by atoms with E-state index in [0.29, 0.717) is 17.3 Å². The minimum Gasteiger partial charge on any atom is -0.495 e. The fraction of sp³-hybridized carbons (Fsp3) is 0.200. The van der Waals surface area contributed by atoms with Crippen molar-refractivity contribution >= 4 is 17.2 Å². The maximum absolute atomic E-state index is 5.92. The van der Waals surface area contributed by atoms with Gasteiger partial charge in [0.15, 0.2) is 0 Å². The molecule has 0 atom stereocenters. The van der Waals surface area contributed by atoms with Crippen LogP contribution in [0.1, 0.15) is 5.56 Å². The van der Waals surface area contributed by atoms with Gasteiger partial charge in [0.05, 0.1) is 12.1 Å². The number of nitrogens with two attached hydrogens (primary N) is 1. The van der Waals surface area contributed by atoms with Gasteiger partial charge in [-0.3, -0.25) is 0 Å². The number of rotatable bonds is 3. The topological polar surface area (TPSA) is 35.2 Å². The summed E-state index contributed by atoms with van der Waals surface area (Å²) in [5.74, 6) is 0.662. The Hall–Kier alpha value is -0.990. The molecule has 0 aromatic heterocycles. The summed E-state index contributed by atoms with van der Waals surface area (Å²) in [7, 11) is 1.58. The van der Waals surface area contributed by atoms with Gasteiger partial charge >= 0.3 is 0 Å². The molecule has 13 heavy (non-hydrogen) atoms. The highest BCUT2D eigenvalue weighted by molar-refractivity contribution is 6.32. The second kappa shape index (κ2) is 4.30. The predicted molar refractivity (Wildman–Crippen MR) is 56.1 cm³/mol. The van der Waals surface area contributed by atoms with Crippen molar-refractivity contribution in [2.24, 2.45) is 5.73 Å². The summed E-state index contributed by atoms with van der Waals surface area (Å²) in [5, 5.41) is 0.578. The Morgan fingerprint density at radius 3 is 2.77 bits per heavy atom. The summed E-state index contributed by atoms with van der Waals surface area (Å²) < 4.78 is 5.02. The van der Waals surface area contributed by atoms with Crippen LogP contribution in [0, 0.1) is 0 Å². The van der Waals surface area contributed by atoms with Gasteiger partial charge in [-0.25, -0.2) is 0 Å². The van der Waals surface area contributed by atoms with Crippen LogP contribution in [0.25, 0.3) is 5.57 Å². The van der Waals surface area contributed by atoms with E-state index in [1.165, 1.54) is 0 Å². The van der Waals surface area contributed by atoms with Crippen molar-refractivity contribution in [2.75, 3.05) is 13.7 Å². The zero-order valence-electron chi connectivity index (χ0n) is 7.51. The first kappa shape index (κ1) is 10.1. The third-order valence-corrected chi connectivity index (χ3v) is 2.10. The van der Waals surface area contributed by atoms with Gasteiger partial charge in [0.2, 0.25) is 0 Å². The number of methoxy groups -OCH3 is 1. The SMILES string of the molecule is C=C(CN)c1ccc(OC)c(Cl)c1. The molecule has 0 saturated carbocycles. The molecular formula is C10H12ClNO. The molecule has 1 aromatic rings. The Morgan fingerprint density at radius 1 is 1.62 bits per heavy atom. The minimum absolute atomic E-state index is 0.433. The first-order valence-corrected chi connectivity index (χ1v) is 4.28. The Labute approximate surface area is 83.0 Å². The fourth-order valence-corrected chi connectivity index (χ4v) is 1.26. The largest absolute Gasteiger partial charge is 0.495 e. The van der Waals surface area contributed by atoms with Gasteiger partial charge in [-0.05, 0) is 23.3 Å². The normalized spacial score (nSPS) is 9.77. The van der Waals surface area contributed by atoms with Gasteiger partial charge in [-0.15, -0.1) is 0 Å². The van der Waals surface area contributed by atoms with Crippen molar-refractivity contribution in [2.45, 2.75) is 0 Å². The standard InChI is InChI=1S/C10H12ClNO/c1-7(6-12)8-3-4-10(13-2)9(11)5-8/h3-5H,1,6,12H2,2H3. The average molecular weight is 198 g/mol. The predicted octanol–water partition coefficient (Wildman–Crippen LogP) is 2.32. The molecule has 0 fully saturated rings. The lowest BCUT2D eigenvalue weighted by Gasteiger charge is -2.06. The molecule has 70 valence electrons. The zero-order chi connectivity index (χ0) is 9.84. The number of hydrogen-bond acceptors (Lipinski definition) is 2. The molecule has 0 saturated heterocycles. The molecule has 0 bridgehead atoms. The summed E-state index contributed by atoms with van der Waals surface area (Å²) >= 11 is 5.92. The van der Waals surface area contributed by atoms with Crippen molar-refractivity contribution in [1.82, 2.24) is 0 Å². The summed E-state index contributed by atoms with van der Waals surface area (Å²) in [6.45, 7) is 4.25. The second-order valence-corrected chi connectivity index (χ2v) is 3.06. The number of hydrogen-bond donors (Lipinski definition) is 1. The third-order valence-electron chi connectivity index (χ3n) is 1.81. The van der Waals surface area contributed by atoms with E-state index in [4.69, 9.17) is 22.1 Å². The molecule has 0 heterocycles. The van der Waals surface area contributed by atoms with Gasteiger partial charge in [0.1, 0.15) is 5.75 Å². The molecule has 1 rings (SSSR count). The molecule has 3 heteroatoms. The maximum atomic E-state index is 5.92. The van der Waals surface area contributed by atoms with E-state index < -0.39 is 0 Å². The van der Waals surface area contributed by atoms with Crippen molar-refractivity contribution in [3.8, 4) is 5.75 Å². The minimum atomic E-state index is 0.433. The van der Waals surface area contributed by atoms with Gasteiger partial charge in [0.25, 0.3) is 0 Å². The van der Waals surface area contributed by atoms with Crippen LogP contribution in [0.5, 0.6) is 5.75 Å². The van der Waals surface area contributed by atoms with E-state index in [-0.39, 0.29) is 0 Å². The third kappa shape index (κ3) is 2.23. The quantitative estimate of drug-likeness (QED) is 0.807. The Bertz CT molecular complexity index is 323. The summed E-state index contributed by atoms with van der Waals surface area (Å²) in [4.78, 5) is 0. The lowest BCUT2D eigenvalue weighted by molar-refractivity contribution is 0.415. The van der Waals surface area contributed by atoms with Crippen LogP contribution in [-0.4, -0.2) is 13.7 Å². The van der Waals surface area contributed by atoms with Gasteiger partial charge in [-0.2, -0.15) is 0 Å². The first-order valence-electron chi connectivity index (χ1n) is 3.90. The molecule has 0 amide bonds. The second-order valence-electron chi connectivity index (χ2n) is 2.66. The summed E-state index contributed by atoms with van der Waals surface area (Å²) in [6, 6.07) is 5.49. The van der Waals surface area contributed by atoms with Crippen LogP contribution in [0.4, 0.5) is 0 Å². The fourth-order valence-electron chi connectivity index (χ4n) is 1.00. The Balaban J connectivity index is 3.02. The Kier molecular flexibility index (Phi) is 3.34. The smallest absolute Gasteiger partial charge is 0.137 e. The molecule has 2 nitrogen and oxygen atoms in total. The van der Waals surface area contributed by atoms with E-state index in [0.717, 1.165) is 11.1 Å². The first-order chi connectivity index (χ1) is 6.19. The molecule has 0 radical (unpaired) electrons. The Morgan fingerprint density at radius 2 is 2.31 bits per heavy atom. The average Bonchev–Trinajstić information content (AvgIpc) is 2.16. The molecule has 0 aliphatic heterocycles. The molecule has 2 N–H and O–H groups in total. The van der Waals surface area contributed by atoms with Crippen molar-refractivity contribution in [3.05, 3.63) is 35.4 Å². The van der Waals surface area contributed by atoms with Gasteiger partial charge in [0, 0.05) is 6.54 Å². The summed E-state index contributed by atoms with van der Waals surface area (Å²) in [6.07, 6.45) is 0. The van der Waals surface area contributed by atoms with E-state index >= 15 is 0 Å². The highest BCUT2D eigenvalue weighted by Gasteiger charge is 2.02. The summed E-state index contributed by atoms with van der Waals surface area (Å²) in [5.41, 5.74) is 7.27. The van der Waals surface area contributed by atoms with Crippen molar-refractivity contribution < 1.29 is 4.74 Å². The van der Waals surface area contributed by atoms with Crippen LogP contribution in [-0.2, 0) is 0 Å². The van der Waals surface area contributed by atoms with E-state index in [1.807, 2.05) is 6.07 Å². The van der Waals surface area contributed by atoms with E-state index in [2.05, 4.69) is 6.58 Å². The van der Waals surface area contributed by atoms with Crippen LogP contribution < -0.4 is 10.5 Å². The number of ether oxygens (including phenoxy) is 1. The van der Waals surface area contributed by atoms with E-state index in [9.17, 15) is 0 Å². The molecule has 0 aliphatic rings. The molecule has 0 spiro atoms. The molecule has 0 unspecified atom stereocenters. The lowest BCUT2D eigenvalue weighted by atomic mass is 10.1. The number of benzene rings is 1. The van der Waals surface area contributed by atoms with Crippen LogP contribution in [0.2, 0.25) is 5.02 Å². The highest BCUT2D eigenvalue weighted by Crippen LogP contribution is 2.27. The van der Waals surface area contributed by atoms with E-state index in [1.54, 1.807) is 19.2 Å². The highest BCUT2D eigenvalue weighted by atomic mass is 35.5. The van der Waals surface area contributed by atoms with Crippen LogP contribution >= 0.6 is 11.6 Å². The van der Waals surface area contributed by atoms with Crippen molar-refractivity contribution in [3.63, 3.8) is 0 Å². The van der Waals surface area contributed by atoms with Crippen LogP contribution in [0.15, 0.2) is 24.8 Å². The maximum Gasteiger partial charge on any atom is 0.137 e. The lowest BCUT2D eigenvalue weighted by Crippen LogP contribution is -2.00. The monoisotopic (exact) mass is 197 g/mol. The van der Waals surface area contributed by atoms with Gasteiger partial charge in [-0.1, -0.05) is 24.2 Å².